The molecule has 154 valence electrons. The molecule has 1 fully saturated rings. The van der Waals surface area contributed by atoms with E-state index in [0.29, 0.717) is 5.65 Å². The van der Waals surface area contributed by atoms with Gasteiger partial charge in [0.25, 0.3) is 11.8 Å². The number of aromatic nitrogens is 3. The van der Waals surface area contributed by atoms with E-state index in [1.807, 2.05) is 0 Å². The average Bonchev–Trinajstić information content (AvgIpc) is 3.03. The Kier molecular flexibility index (Phi) is 3.98. The molecule has 1 aliphatic heterocycles. The van der Waals surface area contributed by atoms with Crippen molar-refractivity contribution >= 4 is 39.3 Å². The van der Waals surface area contributed by atoms with Gasteiger partial charge in [-0.15, -0.1) is 5.10 Å². The van der Waals surface area contributed by atoms with Crippen molar-refractivity contribution in [1.29, 1.82) is 0 Å². The van der Waals surface area contributed by atoms with Crippen LogP contribution >= 0.6 is 15.9 Å². The molecule has 1 unspecified atom stereocenters. The van der Waals surface area contributed by atoms with Gasteiger partial charge in [0.1, 0.15) is 12.4 Å². The predicted octanol–water partition coefficient (Wildman–Crippen LogP) is 3.00. The predicted molar refractivity (Wildman–Crippen MR) is 103 cm³/mol. The van der Waals surface area contributed by atoms with Crippen LogP contribution in [0.4, 0.5) is 19.1 Å². The van der Waals surface area contributed by atoms with Gasteiger partial charge >= 0.3 is 0 Å². The molecule has 2 aliphatic rings. The van der Waals surface area contributed by atoms with E-state index in [9.17, 15) is 22.8 Å². The third-order valence-corrected chi connectivity index (χ3v) is 6.09. The molecule has 3 aromatic rings. The molecular weight excluding hydrogens is 467 g/mol. The maximum atomic E-state index is 14.7. The Morgan fingerprint density at radius 3 is 2.73 bits per heavy atom. The van der Waals surface area contributed by atoms with Crippen molar-refractivity contribution in [3.05, 3.63) is 57.9 Å². The number of fused-ring (bicyclic) bond motifs is 3. The topological polar surface area (TPSA) is 79.6 Å². The Balaban J connectivity index is 1.42. The number of nitrogens with one attached hydrogen (secondary N) is 1. The van der Waals surface area contributed by atoms with Crippen molar-refractivity contribution in [3.8, 4) is 0 Å². The Labute approximate surface area is 176 Å². The van der Waals surface area contributed by atoms with Crippen molar-refractivity contribution in [2.45, 2.75) is 17.8 Å². The fourth-order valence-corrected chi connectivity index (χ4v) is 4.30. The van der Waals surface area contributed by atoms with Crippen LogP contribution in [0, 0.1) is 5.82 Å². The van der Waals surface area contributed by atoms with E-state index in [1.54, 1.807) is 24.4 Å². The van der Waals surface area contributed by atoms with Gasteiger partial charge in [-0.3, -0.25) is 14.9 Å². The van der Waals surface area contributed by atoms with Crippen molar-refractivity contribution in [2.24, 2.45) is 0 Å². The van der Waals surface area contributed by atoms with Crippen LogP contribution in [-0.4, -0.2) is 50.3 Å². The van der Waals surface area contributed by atoms with Crippen molar-refractivity contribution in [1.82, 2.24) is 19.5 Å². The summed E-state index contributed by atoms with van der Waals surface area (Å²) >= 11 is 2.99. The minimum Gasteiger partial charge on any atom is -0.328 e. The molecule has 11 heteroatoms. The molecule has 0 bridgehead atoms. The Hall–Kier alpha value is -2.95. The van der Waals surface area contributed by atoms with E-state index in [0.717, 1.165) is 4.90 Å². The monoisotopic (exact) mass is 479 g/mol. The third kappa shape index (κ3) is 2.72. The number of carbonyl (C=O) groups excluding carboxylic acids is 2. The highest BCUT2D eigenvalue weighted by atomic mass is 79.9. The van der Waals surface area contributed by atoms with Gasteiger partial charge in [-0.05, 0) is 40.2 Å². The molecular formula is C19H13BrF3N5O2. The highest BCUT2D eigenvalue weighted by molar-refractivity contribution is 9.10. The van der Waals surface area contributed by atoms with Crippen LogP contribution in [0.2, 0.25) is 0 Å². The minimum atomic E-state index is -3.16. The molecule has 2 amide bonds. The fraction of sp³-hybridized carbons (Fsp3) is 0.263. The summed E-state index contributed by atoms with van der Waals surface area (Å²) in [6.45, 7) is -0.936. The zero-order valence-electron chi connectivity index (χ0n) is 15.2. The molecule has 1 N–H and O–H groups in total. The number of nitrogens with zero attached hydrogens (tertiary/aromatic N) is 4. The van der Waals surface area contributed by atoms with E-state index < -0.39 is 48.5 Å². The minimum absolute atomic E-state index is 0.0141. The fourth-order valence-electron chi connectivity index (χ4n) is 3.97. The Morgan fingerprint density at radius 2 is 2.03 bits per heavy atom. The smallest absolute Gasteiger partial charge is 0.260 e. The number of halogens is 4. The highest BCUT2D eigenvalue weighted by Crippen LogP contribution is 2.64. The van der Waals surface area contributed by atoms with Crippen LogP contribution in [0.1, 0.15) is 22.3 Å². The van der Waals surface area contributed by atoms with Crippen LogP contribution in [0.5, 0.6) is 0 Å². The second-order valence-electron chi connectivity index (χ2n) is 7.40. The first-order valence-electron chi connectivity index (χ1n) is 8.99. The van der Waals surface area contributed by atoms with Gasteiger partial charge in [0, 0.05) is 30.3 Å². The van der Waals surface area contributed by atoms with Gasteiger partial charge < -0.3 is 4.90 Å². The maximum absolute atomic E-state index is 14.7. The summed E-state index contributed by atoms with van der Waals surface area (Å²) in [6, 6.07) is 7.79. The molecule has 1 aromatic carbocycles. The van der Waals surface area contributed by atoms with Crippen molar-refractivity contribution in [2.75, 3.05) is 18.4 Å². The van der Waals surface area contributed by atoms with Crippen LogP contribution in [0.3, 0.4) is 0 Å². The molecule has 30 heavy (non-hydrogen) atoms. The molecule has 7 nitrogen and oxygen atoms in total. The third-order valence-electron chi connectivity index (χ3n) is 5.48. The number of rotatable bonds is 3. The number of carbonyl (C=O) groups is 2. The summed E-state index contributed by atoms with van der Waals surface area (Å²) in [5.74, 6) is -5.32. The molecule has 1 saturated carbocycles. The lowest BCUT2D eigenvalue weighted by Gasteiger charge is -2.34. The summed E-state index contributed by atoms with van der Waals surface area (Å²) in [6.07, 6.45) is 1.06. The maximum Gasteiger partial charge on any atom is 0.260 e. The van der Waals surface area contributed by atoms with E-state index in [1.165, 1.54) is 16.6 Å². The number of benzene rings is 1. The Morgan fingerprint density at radius 1 is 1.27 bits per heavy atom. The van der Waals surface area contributed by atoms with E-state index in [4.69, 9.17) is 0 Å². The second-order valence-corrected chi connectivity index (χ2v) is 8.25. The number of alkyl halides is 2. The standard InChI is InChI=1S/C19H13BrF3N5O2/c20-11-5-4-10-14(15(11)21)18(8-19(18,22)23)9-27(16(10)30)7-13(29)25-17-24-12-3-1-2-6-28(12)26-17/h1-6H,7-9H2,(H,25,26,29). The van der Waals surface area contributed by atoms with Crippen molar-refractivity contribution in [3.63, 3.8) is 0 Å². The summed E-state index contributed by atoms with van der Waals surface area (Å²) in [4.78, 5) is 30.4. The van der Waals surface area contributed by atoms with Crippen LogP contribution in [-0.2, 0) is 10.2 Å². The molecule has 2 aromatic heterocycles. The number of hydrogen-bond acceptors (Lipinski definition) is 4. The van der Waals surface area contributed by atoms with Gasteiger partial charge in [-0.25, -0.2) is 17.7 Å². The van der Waals surface area contributed by atoms with Crippen LogP contribution in [0.25, 0.3) is 5.65 Å². The first-order valence-corrected chi connectivity index (χ1v) is 9.78. The largest absolute Gasteiger partial charge is 0.328 e. The van der Waals surface area contributed by atoms with Crippen molar-refractivity contribution < 1.29 is 22.8 Å². The number of hydrogen-bond donors (Lipinski definition) is 1. The highest BCUT2D eigenvalue weighted by Gasteiger charge is 2.75. The summed E-state index contributed by atoms with van der Waals surface area (Å²) in [5, 5.41) is 6.55. The Bertz CT molecular complexity index is 1200. The first-order chi connectivity index (χ1) is 14.2. The van der Waals surface area contributed by atoms with Gasteiger partial charge in [0.15, 0.2) is 5.65 Å². The van der Waals surface area contributed by atoms with E-state index in [-0.39, 0.29) is 21.5 Å². The zero-order chi connectivity index (χ0) is 21.3. The summed E-state index contributed by atoms with van der Waals surface area (Å²) in [7, 11) is 0. The molecule has 1 spiro atoms. The number of pyridine rings is 1. The molecule has 0 radical (unpaired) electrons. The molecule has 3 heterocycles. The van der Waals surface area contributed by atoms with Gasteiger partial charge in [0.05, 0.1) is 9.89 Å². The molecule has 1 aliphatic carbocycles. The van der Waals surface area contributed by atoms with Gasteiger partial charge in [-0.2, -0.15) is 4.98 Å². The summed E-state index contributed by atoms with van der Waals surface area (Å²) in [5.41, 5.74) is -1.76. The molecule has 1 atom stereocenters. The molecule has 0 saturated heterocycles. The van der Waals surface area contributed by atoms with Gasteiger partial charge in [-0.1, -0.05) is 6.07 Å². The second kappa shape index (κ2) is 6.27. The summed E-state index contributed by atoms with van der Waals surface area (Å²) < 4.78 is 44.8. The van der Waals surface area contributed by atoms with E-state index >= 15 is 0 Å². The number of anilines is 1. The first kappa shape index (κ1) is 19.0. The lowest BCUT2D eigenvalue weighted by Crippen LogP contribution is -2.49. The van der Waals surface area contributed by atoms with Crippen LogP contribution < -0.4 is 5.32 Å². The lowest BCUT2D eigenvalue weighted by molar-refractivity contribution is -0.117. The molecule has 5 rings (SSSR count). The quantitative estimate of drug-likeness (QED) is 0.626. The normalized spacial score (nSPS) is 21.7. The van der Waals surface area contributed by atoms with Crippen LogP contribution in [0.15, 0.2) is 41.0 Å². The number of amides is 2. The average molecular weight is 480 g/mol. The van der Waals surface area contributed by atoms with E-state index in [2.05, 4.69) is 31.3 Å². The van der Waals surface area contributed by atoms with Gasteiger partial charge in [0.2, 0.25) is 11.9 Å². The SMILES string of the molecule is O=C(CN1CC2(CC2(F)F)c2c(ccc(Br)c2F)C1=O)Nc1nc2ccccn2n1. The lowest BCUT2D eigenvalue weighted by atomic mass is 9.85. The zero-order valence-corrected chi connectivity index (χ0v) is 16.8.